The van der Waals surface area contributed by atoms with Crippen LogP contribution in [-0.4, -0.2) is 4.37 Å². The number of nitrogens with zero attached hydrogens (tertiary/aromatic N) is 2. The molecule has 0 aliphatic rings. The number of benzene rings is 1. The molecule has 0 amide bonds. The molecule has 0 saturated heterocycles. The largest absolute Gasteiger partial charge is 0.234 e. The molecule has 0 aliphatic heterocycles. The van der Waals surface area contributed by atoms with Gasteiger partial charge in [0.1, 0.15) is 0 Å². The third kappa shape index (κ3) is 2.03. The predicted molar refractivity (Wildman–Crippen MR) is 61.4 cm³/mol. The molecule has 0 saturated carbocycles. The van der Waals surface area contributed by atoms with Gasteiger partial charge in [-0.1, -0.05) is 29.8 Å². The highest BCUT2D eigenvalue weighted by Crippen LogP contribution is 2.17. The van der Waals surface area contributed by atoms with Gasteiger partial charge < -0.3 is 0 Å². The van der Waals surface area contributed by atoms with E-state index in [4.69, 9.17) is 11.6 Å². The summed E-state index contributed by atoms with van der Waals surface area (Å²) >= 11 is 5.86. The van der Waals surface area contributed by atoms with Crippen LogP contribution >= 0.6 is 32.5 Å². The maximum absolute atomic E-state index is 5.86. The molecule has 1 aromatic heterocycles. The average molecular weight is 243 g/mol. The Hall–Kier alpha value is -0.710. The summed E-state index contributed by atoms with van der Waals surface area (Å²) in [6.07, 6.45) is 0. The van der Waals surface area contributed by atoms with E-state index in [1.54, 1.807) is 0 Å². The Bertz CT molecular complexity index is 501. The number of halogens is 1. The summed E-state index contributed by atoms with van der Waals surface area (Å²) in [4.78, 5) is 4.43. The summed E-state index contributed by atoms with van der Waals surface area (Å²) in [6.45, 7) is 2.03. The van der Waals surface area contributed by atoms with E-state index < -0.39 is 0 Å². The minimum absolute atomic E-state index is 0.489. The first-order chi connectivity index (χ1) is 6.77. The monoisotopic (exact) mass is 242 g/mol. The molecule has 14 heavy (non-hydrogen) atoms. The van der Waals surface area contributed by atoms with Gasteiger partial charge in [-0.2, -0.15) is 4.37 Å². The standard InChI is InChI=1S/C9H7ClN2S2/c1-6-4-2-3-5-7(6)11-9-8(10)12-14-13-9/h2-5H,1H3. The Kier molecular flexibility index (Phi) is 2.96. The molecule has 2 rings (SSSR count). The molecular formula is C9H7ClN2S2. The van der Waals surface area contributed by atoms with Crippen molar-refractivity contribution >= 4 is 38.2 Å². The predicted octanol–water partition coefficient (Wildman–Crippen LogP) is 3.40. The molecule has 0 aliphatic carbocycles. The number of para-hydroxylation sites is 1. The maximum atomic E-state index is 5.86. The van der Waals surface area contributed by atoms with Crippen molar-refractivity contribution in [1.82, 2.24) is 4.37 Å². The van der Waals surface area contributed by atoms with E-state index in [-0.39, 0.29) is 0 Å². The van der Waals surface area contributed by atoms with Gasteiger partial charge in [-0.25, -0.2) is 4.99 Å². The van der Waals surface area contributed by atoms with Gasteiger partial charge >= 0.3 is 0 Å². The van der Waals surface area contributed by atoms with Gasteiger partial charge in [0.05, 0.1) is 5.69 Å². The number of hydrogen-bond acceptors (Lipinski definition) is 4. The van der Waals surface area contributed by atoms with Gasteiger partial charge in [-0.3, -0.25) is 0 Å². The van der Waals surface area contributed by atoms with Crippen LogP contribution in [0.25, 0.3) is 0 Å². The lowest BCUT2D eigenvalue weighted by atomic mass is 10.2. The SMILES string of the molecule is Cc1ccccc1N=c1ssnc1Cl. The van der Waals surface area contributed by atoms with Crippen molar-refractivity contribution in [3.8, 4) is 0 Å². The van der Waals surface area contributed by atoms with E-state index in [1.165, 1.54) is 20.9 Å². The van der Waals surface area contributed by atoms with Gasteiger partial charge in [0, 0.05) is 10.5 Å². The molecule has 72 valence electrons. The molecule has 0 fully saturated rings. The van der Waals surface area contributed by atoms with Crippen LogP contribution in [0.3, 0.4) is 0 Å². The van der Waals surface area contributed by atoms with Crippen molar-refractivity contribution in [1.29, 1.82) is 0 Å². The number of aryl methyl sites for hydroxylation is 1. The highest BCUT2D eigenvalue weighted by atomic mass is 35.5. The minimum atomic E-state index is 0.489. The Morgan fingerprint density at radius 1 is 1.36 bits per heavy atom. The highest BCUT2D eigenvalue weighted by molar-refractivity contribution is 7.66. The first-order valence-electron chi connectivity index (χ1n) is 3.99. The van der Waals surface area contributed by atoms with E-state index in [9.17, 15) is 0 Å². The summed E-state index contributed by atoms with van der Waals surface area (Å²) in [7, 11) is 2.84. The Morgan fingerprint density at radius 3 is 2.79 bits per heavy atom. The molecule has 1 heterocycles. The van der Waals surface area contributed by atoms with E-state index in [1.807, 2.05) is 31.2 Å². The fraction of sp³-hybridized carbons (Fsp3) is 0.111. The molecule has 0 N–H and O–H groups in total. The normalized spacial score (nSPS) is 12.0. The molecule has 1 aromatic carbocycles. The summed E-state index contributed by atoms with van der Waals surface area (Å²) in [5.41, 5.74) is 2.09. The Morgan fingerprint density at radius 2 is 2.14 bits per heavy atom. The van der Waals surface area contributed by atoms with Crippen molar-refractivity contribution in [3.63, 3.8) is 0 Å². The number of aromatic nitrogens is 1. The number of hydrogen-bond donors (Lipinski definition) is 0. The topological polar surface area (TPSA) is 25.2 Å². The second kappa shape index (κ2) is 4.21. The molecule has 0 bridgehead atoms. The van der Waals surface area contributed by atoms with Gasteiger partial charge in [-0.15, -0.1) is 0 Å². The smallest absolute Gasteiger partial charge is 0.179 e. The van der Waals surface area contributed by atoms with E-state index >= 15 is 0 Å². The lowest BCUT2D eigenvalue weighted by Crippen LogP contribution is -1.93. The summed E-state index contributed by atoms with van der Waals surface area (Å²) in [6, 6.07) is 7.95. The molecule has 5 heteroatoms. The first kappa shape index (κ1) is 9.83. The zero-order valence-electron chi connectivity index (χ0n) is 7.40. The molecule has 0 atom stereocenters. The Labute approximate surface area is 94.1 Å². The van der Waals surface area contributed by atoms with Crippen molar-refractivity contribution in [2.24, 2.45) is 4.99 Å². The van der Waals surface area contributed by atoms with Crippen LogP contribution in [0.5, 0.6) is 0 Å². The third-order valence-corrected chi connectivity index (χ3v) is 3.92. The van der Waals surface area contributed by atoms with Gasteiger partial charge in [-0.05, 0) is 28.9 Å². The molecule has 0 spiro atoms. The van der Waals surface area contributed by atoms with E-state index in [0.29, 0.717) is 5.15 Å². The van der Waals surface area contributed by atoms with Crippen LogP contribution in [-0.2, 0) is 0 Å². The average Bonchev–Trinajstić information content (AvgIpc) is 2.56. The molecule has 2 nitrogen and oxygen atoms in total. The van der Waals surface area contributed by atoms with Crippen LogP contribution in [0, 0.1) is 6.92 Å². The molecule has 0 unspecified atom stereocenters. The molecule has 0 radical (unpaired) electrons. The fourth-order valence-electron chi connectivity index (χ4n) is 1.02. The van der Waals surface area contributed by atoms with Crippen LogP contribution in [0.2, 0.25) is 5.15 Å². The summed E-state index contributed by atoms with van der Waals surface area (Å²) in [5.74, 6) is 0. The van der Waals surface area contributed by atoms with Crippen molar-refractivity contribution < 1.29 is 0 Å². The second-order valence-electron chi connectivity index (χ2n) is 2.74. The first-order valence-corrected chi connectivity index (χ1v) is 6.48. The van der Waals surface area contributed by atoms with Gasteiger partial charge in [0.2, 0.25) is 0 Å². The zero-order chi connectivity index (χ0) is 9.97. The van der Waals surface area contributed by atoms with Gasteiger partial charge in [0.15, 0.2) is 9.82 Å². The van der Waals surface area contributed by atoms with Crippen LogP contribution in [0.4, 0.5) is 5.69 Å². The minimum Gasteiger partial charge on any atom is -0.234 e. The Balaban J connectivity index is 2.54. The van der Waals surface area contributed by atoms with Crippen LogP contribution < -0.4 is 4.67 Å². The molecule has 2 aromatic rings. The van der Waals surface area contributed by atoms with E-state index in [2.05, 4.69) is 9.37 Å². The van der Waals surface area contributed by atoms with Crippen LogP contribution in [0.15, 0.2) is 29.3 Å². The lowest BCUT2D eigenvalue weighted by Gasteiger charge is -1.95. The van der Waals surface area contributed by atoms with Crippen molar-refractivity contribution in [3.05, 3.63) is 39.7 Å². The highest BCUT2D eigenvalue weighted by Gasteiger charge is 1.98. The lowest BCUT2D eigenvalue weighted by molar-refractivity contribution is 1.32. The van der Waals surface area contributed by atoms with Gasteiger partial charge in [0.25, 0.3) is 0 Å². The zero-order valence-corrected chi connectivity index (χ0v) is 9.79. The van der Waals surface area contributed by atoms with Crippen LogP contribution in [0.1, 0.15) is 5.56 Å². The van der Waals surface area contributed by atoms with Crippen molar-refractivity contribution in [2.75, 3.05) is 0 Å². The fourth-order valence-corrected chi connectivity index (χ4v) is 3.01. The maximum Gasteiger partial charge on any atom is 0.179 e. The number of rotatable bonds is 1. The molecular weight excluding hydrogens is 236 g/mol. The van der Waals surface area contributed by atoms with E-state index in [0.717, 1.165) is 15.9 Å². The summed E-state index contributed by atoms with van der Waals surface area (Å²) in [5, 5.41) is 0.489. The third-order valence-electron chi connectivity index (χ3n) is 1.75. The second-order valence-corrected chi connectivity index (χ2v) is 4.93. The van der Waals surface area contributed by atoms with Crippen molar-refractivity contribution in [2.45, 2.75) is 6.92 Å². The quantitative estimate of drug-likeness (QED) is 0.704. The summed E-state index contributed by atoms with van der Waals surface area (Å²) < 4.78 is 4.76.